The molecule has 0 saturated heterocycles. The van der Waals surface area contributed by atoms with Crippen molar-refractivity contribution >= 4 is 0 Å². The third-order valence-corrected chi connectivity index (χ3v) is 3.59. The van der Waals surface area contributed by atoms with Gasteiger partial charge in [0.1, 0.15) is 18.7 Å². The van der Waals surface area contributed by atoms with Gasteiger partial charge in [-0.25, -0.2) is 4.98 Å². The third kappa shape index (κ3) is 5.60. The molecule has 1 aromatic heterocycles. The SMILES string of the molecule is O=c1cc(OCc2ccccc2)ncn1Cc1ccc(OC(F)(F)F)cc1. The van der Waals surface area contributed by atoms with Crippen LogP contribution in [0.2, 0.25) is 0 Å². The lowest BCUT2D eigenvalue weighted by Crippen LogP contribution is -2.20. The first kappa shape index (κ1) is 18.5. The Bertz CT molecular complexity index is 939. The monoisotopic (exact) mass is 376 g/mol. The van der Waals surface area contributed by atoms with Crippen LogP contribution in [-0.2, 0) is 13.2 Å². The maximum atomic E-state index is 12.2. The lowest BCUT2D eigenvalue weighted by Gasteiger charge is -2.10. The summed E-state index contributed by atoms with van der Waals surface area (Å²) in [6.07, 6.45) is -3.40. The molecular formula is C19H15F3N2O3. The maximum absolute atomic E-state index is 12.2. The summed E-state index contributed by atoms with van der Waals surface area (Å²) in [4.78, 5) is 16.3. The fraction of sp³-hybridized carbons (Fsp3) is 0.158. The van der Waals surface area contributed by atoms with Crippen molar-refractivity contribution in [1.29, 1.82) is 0 Å². The van der Waals surface area contributed by atoms with E-state index in [1.54, 1.807) is 0 Å². The van der Waals surface area contributed by atoms with Gasteiger partial charge in [0.25, 0.3) is 5.56 Å². The van der Waals surface area contributed by atoms with Crippen LogP contribution in [0.4, 0.5) is 13.2 Å². The van der Waals surface area contributed by atoms with Crippen LogP contribution in [0, 0.1) is 0 Å². The zero-order valence-corrected chi connectivity index (χ0v) is 14.0. The van der Waals surface area contributed by atoms with E-state index in [4.69, 9.17) is 4.74 Å². The first-order valence-corrected chi connectivity index (χ1v) is 7.97. The fourth-order valence-corrected chi connectivity index (χ4v) is 2.33. The van der Waals surface area contributed by atoms with Crippen molar-refractivity contribution in [1.82, 2.24) is 9.55 Å². The highest BCUT2D eigenvalue weighted by Crippen LogP contribution is 2.22. The molecule has 0 bridgehead atoms. The first-order chi connectivity index (χ1) is 12.9. The fourth-order valence-electron chi connectivity index (χ4n) is 2.33. The van der Waals surface area contributed by atoms with Crippen molar-refractivity contribution in [3.05, 3.63) is 88.5 Å². The molecular weight excluding hydrogens is 361 g/mol. The van der Waals surface area contributed by atoms with Crippen LogP contribution >= 0.6 is 0 Å². The predicted molar refractivity (Wildman–Crippen MR) is 91.5 cm³/mol. The molecule has 5 nitrogen and oxygen atoms in total. The van der Waals surface area contributed by atoms with Crippen molar-refractivity contribution in [3.63, 3.8) is 0 Å². The molecule has 0 unspecified atom stereocenters. The van der Waals surface area contributed by atoms with Crippen LogP contribution in [0.25, 0.3) is 0 Å². The smallest absolute Gasteiger partial charge is 0.473 e. The number of aromatic nitrogens is 2. The maximum Gasteiger partial charge on any atom is 0.573 e. The quantitative estimate of drug-likeness (QED) is 0.657. The number of hydrogen-bond acceptors (Lipinski definition) is 4. The molecule has 0 aliphatic rings. The summed E-state index contributed by atoms with van der Waals surface area (Å²) in [5, 5.41) is 0. The van der Waals surface area contributed by atoms with Gasteiger partial charge < -0.3 is 9.47 Å². The zero-order valence-electron chi connectivity index (χ0n) is 14.0. The van der Waals surface area contributed by atoms with E-state index in [2.05, 4.69) is 9.72 Å². The summed E-state index contributed by atoms with van der Waals surface area (Å²) in [5.41, 5.74) is 1.25. The van der Waals surface area contributed by atoms with Gasteiger partial charge in [-0.2, -0.15) is 0 Å². The highest BCUT2D eigenvalue weighted by molar-refractivity contribution is 5.27. The Balaban J connectivity index is 1.63. The lowest BCUT2D eigenvalue weighted by molar-refractivity contribution is -0.274. The molecule has 0 N–H and O–H groups in total. The summed E-state index contributed by atoms with van der Waals surface area (Å²) in [6.45, 7) is 0.453. The molecule has 3 aromatic rings. The van der Waals surface area contributed by atoms with Gasteiger partial charge in [0.15, 0.2) is 0 Å². The molecule has 3 rings (SSSR count). The van der Waals surface area contributed by atoms with Crippen LogP contribution in [0.3, 0.4) is 0 Å². The van der Waals surface area contributed by atoms with E-state index >= 15 is 0 Å². The lowest BCUT2D eigenvalue weighted by atomic mass is 10.2. The van der Waals surface area contributed by atoms with Gasteiger partial charge >= 0.3 is 6.36 Å². The topological polar surface area (TPSA) is 53.3 Å². The molecule has 0 amide bonds. The minimum absolute atomic E-state index is 0.164. The van der Waals surface area contributed by atoms with Gasteiger partial charge in [0.05, 0.1) is 12.6 Å². The highest BCUT2D eigenvalue weighted by Gasteiger charge is 2.30. The molecule has 0 atom stereocenters. The van der Waals surface area contributed by atoms with E-state index in [0.717, 1.165) is 5.56 Å². The number of ether oxygens (including phenoxy) is 2. The largest absolute Gasteiger partial charge is 0.573 e. The van der Waals surface area contributed by atoms with Gasteiger partial charge in [0, 0.05) is 0 Å². The molecule has 0 spiro atoms. The van der Waals surface area contributed by atoms with Crippen molar-refractivity contribution in [3.8, 4) is 11.6 Å². The number of benzene rings is 2. The molecule has 2 aromatic carbocycles. The van der Waals surface area contributed by atoms with Gasteiger partial charge in [0.2, 0.25) is 5.88 Å². The minimum atomic E-state index is -4.74. The summed E-state index contributed by atoms with van der Waals surface area (Å²) < 4.78 is 47.1. The summed E-state index contributed by atoms with van der Waals surface area (Å²) in [7, 11) is 0. The molecule has 0 aliphatic heterocycles. The van der Waals surface area contributed by atoms with Gasteiger partial charge in [-0.1, -0.05) is 42.5 Å². The van der Waals surface area contributed by atoms with Crippen molar-refractivity contribution in [2.75, 3.05) is 0 Å². The number of rotatable bonds is 6. The Hall–Kier alpha value is -3.29. The van der Waals surface area contributed by atoms with Crippen LogP contribution < -0.4 is 15.0 Å². The van der Waals surface area contributed by atoms with Crippen LogP contribution in [0.1, 0.15) is 11.1 Å². The standard InChI is InChI=1S/C19H15F3N2O3/c20-19(21,22)27-16-8-6-14(7-9-16)11-24-13-23-17(10-18(24)25)26-12-15-4-2-1-3-5-15/h1-10,13H,11-12H2. The third-order valence-electron chi connectivity index (χ3n) is 3.59. The van der Waals surface area contributed by atoms with Crippen molar-refractivity contribution in [2.24, 2.45) is 0 Å². The summed E-state index contributed by atoms with van der Waals surface area (Å²) in [5.74, 6) is -0.115. The Labute approximate surface area is 152 Å². The second-order valence-electron chi connectivity index (χ2n) is 5.66. The Morgan fingerprint density at radius 3 is 2.30 bits per heavy atom. The van der Waals surface area contributed by atoms with E-state index in [9.17, 15) is 18.0 Å². The number of halogens is 3. The Morgan fingerprint density at radius 1 is 0.963 bits per heavy atom. The molecule has 0 fully saturated rings. The van der Waals surface area contributed by atoms with E-state index in [0.29, 0.717) is 5.56 Å². The van der Waals surface area contributed by atoms with E-state index < -0.39 is 6.36 Å². The number of alkyl halides is 3. The zero-order chi connectivity index (χ0) is 19.3. The predicted octanol–water partition coefficient (Wildman–Crippen LogP) is 3.77. The first-order valence-electron chi connectivity index (χ1n) is 7.97. The Morgan fingerprint density at radius 2 is 1.67 bits per heavy atom. The van der Waals surface area contributed by atoms with E-state index in [1.165, 1.54) is 41.2 Å². The normalized spacial score (nSPS) is 11.2. The summed E-state index contributed by atoms with van der Waals surface area (Å²) >= 11 is 0. The van der Waals surface area contributed by atoms with Gasteiger partial charge in [-0.05, 0) is 23.3 Å². The Kier molecular flexibility index (Phi) is 5.44. The number of nitrogens with zero attached hydrogens (tertiary/aromatic N) is 2. The number of hydrogen-bond donors (Lipinski definition) is 0. The molecule has 8 heteroatoms. The highest BCUT2D eigenvalue weighted by atomic mass is 19.4. The molecule has 0 saturated carbocycles. The van der Waals surface area contributed by atoms with E-state index in [1.807, 2.05) is 30.3 Å². The molecule has 140 valence electrons. The molecule has 0 aliphatic carbocycles. The average Bonchev–Trinajstić information content (AvgIpc) is 2.63. The minimum Gasteiger partial charge on any atom is -0.473 e. The van der Waals surface area contributed by atoms with Crippen LogP contribution in [-0.4, -0.2) is 15.9 Å². The second kappa shape index (κ2) is 7.94. The molecule has 1 heterocycles. The van der Waals surface area contributed by atoms with Crippen molar-refractivity contribution < 1.29 is 22.6 Å². The van der Waals surface area contributed by atoms with Gasteiger partial charge in [-0.3, -0.25) is 9.36 Å². The van der Waals surface area contributed by atoms with Gasteiger partial charge in [-0.15, -0.1) is 13.2 Å². The van der Waals surface area contributed by atoms with Crippen LogP contribution in [0.5, 0.6) is 11.6 Å². The molecule has 27 heavy (non-hydrogen) atoms. The summed E-state index contributed by atoms with van der Waals surface area (Å²) in [6, 6.07) is 16.0. The van der Waals surface area contributed by atoms with Crippen LogP contribution in [0.15, 0.2) is 71.8 Å². The van der Waals surface area contributed by atoms with E-state index in [-0.39, 0.29) is 30.3 Å². The second-order valence-corrected chi connectivity index (χ2v) is 5.66. The van der Waals surface area contributed by atoms with Crippen molar-refractivity contribution in [2.45, 2.75) is 19.5 Å². The average molecular weight is 376 g/mol. The molecule has 0 radical (unpaired) electrons.